The predicted molar refractivity (Wildman–Crippen MR) is 72.0 cm³/mol. The molecule has 0 aliphatic rings. The van der Waals surface area contributed by atoms with Crippen molar-refractivity contribution < 1.29 is 5.11 Å². The van der Waals surface area contributed by atoms with Crippen molar-refractivity contribution in [1.29, 1.82) is 0 Å². The lowest BCUT2D eigenvalue weighted by atomic mass is 9.89. The van der Waals surface area contributed by atoms with Crippen LogP contribution < -0.4 is 5.73 Å². The summed E-state index contributed by atoms with van der Waals surface area (Å²) in [5, 5.41) is 12.6. The van der Waals surface area contributed by atoms with Gasteiger partial charge in [-0.05, 0) is 29.9 Å². The fourth-order valence-electron chi connectivity index (χ4n) is 1.90. The fraction of sp³-hybridized carbons (Fsp3) is 0.286. The molecule has 17 heavy (non-hydrogen) atoms. The van der Waals surface area contributed by atoms with E-state index in [0.29, 0.717) is 6.42 Å². The third kappa shape index (κ3) is 2.94. The standard InChI is InChI=1S/C14H17NOS/c15-11-14(16,12-5-2-1-3-6-12)9-8-13-7-4-10-17-13/h1-7,10,16H,8-9,11,15H2. The van der Waals surface area contributed by atoms with Gasteiger partial charge in [0.15, 0.2) is 0 Å². The van der Waals surface area contributed by atoms with Crippen molar-refractivity contribution in [2.24, 2.45) is 5.73 Å². The van der Waals surface area contributed by atoms with Crippen molar-refractivity contribution in [3.8, 4) is 0 Å². The van der Waals surface area contributed by atoms with Crippen molar-refractivity contribution in [2.75, 3.05) is 6.54 Å². The summed E-state index contributed by atoms with van der Waals surface area (Å²) in [7, 11) is 0. The number of nitrogens with two attached hydrogens (primary N) is 1. The molecule has 90 valence electrons. The van der Waals surface area contributed by atoms with E-state index in [1.54, 1.807) is 11.3 Å². The van der Waals surface area contributed by atoms with Crippen LogP contribution in [0, 0.1) is 0 Å². The Bertz CT molecular complexity index is 441. The Morgan fingerprint density at radius 1 is 1.12 bits per heavy atom. The molecule has 0 amide bonds. The maximum Gasteiger partial charge on any atom is 0.102 e. The van der Waals surface area contributed by atoms with Crippen molar-refractivity contribution in [3.05, 3.63) is 58.3 Å². The Hall–Kier alpha value is -1.16. The lowest BCUT2D eigenvalue weighted by molar-refractivity contribution is 0.0372. The Kier molecular flexibility index (Phi) is 3.94. The molecule has 0 bridgehead atoms. The topological polar surface area (TPSA) is 46.2 Å². The molecule has 3 heteroatoms. The van der Waals surface area contributed by atoms with Crippen molar-refractivity contribution in [3.63, 3.8) is 0 Å². The van der Waals surface area contributed by atoms with Gasteiger partial charge in [0.2, 0.25) is 0 Å². The van der Waals surface area contributed by atoms with E-state index in [9.17, 15) is 5.11 Å². The van der Waals surface area contributed by atoms with Crippen LogP contribution in [0.25, 0.3) is 0 Å². The van der Waals surface area contributed by atoms with E-state index in [2.05, 4.69) is 11.4 Å². The van der Waals surface area contributed by atoms with Crippen LogP contribution in [0.3, 0.4) is 0 Å². The molecule has 0 aliphatic heterocycles. The molecular weight excluding hydrogens is 230 g/mol. The van der Waals surface area contributed by atoms with E-state index in [1.165, 1.54) is 4.88 Å². The second-order valence-electron chi connectivity index (χ2n) is 4.18. The van der Waals surface area contributed by atoms with Crippen molar-refractivity contribution >= 4 is 11.3 Å². The van der Waals surface area contributed by atoms with Gasteiger partial charge >= 0.3 is 0 Å². The number of rotatable bonds is 5. The van der Waals surface area contributed by atoms with Crippen molar-refractivity contribution in [2.45, 2.75) is 18.4 Å². The zero-order valence-electron chi connectivity index (χ0n) is 9.67. The van der Waals surface area contributed by atoms with Gasteiger partial charge < -0.3 is 10.8 Å². The number of hydrogen-bond acceptors (Lipinski definition) is 3. The molecule has 1 aromatic carbocycles. The molecule has 0 saturated heterocycles. The van der Waals surface area contributed by atoms with Gasteiger partial charge in [-0.3, -0.25) is 0 Å². The molecule has 2 rings (SSSR count). The summed E-state index contributed by atoms with van der Waals surface area (Å²) in [6, 6.07) is 13.8. The number of aliphatic hydroxyl groups is 1. The van der Waals surface area contributed by atoms with Crippen LogP contribution in [0.15, 0.2) is 47.8 Å². The monoisotopic (exact) mass is 247 g/mol. The Balaban J connectivity index is 2.09. The van der Waals surface area contributed by atoms with Gasteiger partial charge in [0.05, 0.1) is 0 Å². The first kappa shape index (κ1) is 12.3. The summed E-state index contributed by atoms with van der Waals surface area (Å²) >= 11 is 1.72. The van der Waals surface area contributed by atoms with E-state index in [4.69, 9.17) is 5.73 Å². The van der Waals surface area contributed by atoms with Crippen LogP contribution in [-0.4, -0.2) is 11.7 Å². The van der Waals surface area contributed by atoms with Gasteiger partial charge in [-0.15, -0.1) is 11.3 Å². The van der Waals surface area contributed by atoms with Crippen LogP contribution in [0.2, 0.25) is 0 Å². The molecular formula is C14H17NOS. The van der Waals surface area contributed by atoms with Gasteiger partial charge in [0, 0.05) is 11.4 Å². The van der Waals surface area contributed by atoms with Crippen LogP contribution in [0.4, 0.5) is 0 Å². The van der Waals surface area contributed by atoms with E-state index >= 15 is 0 Å². The van der Waals surface area contributed by atoms with Gasteiger partial charge in [-0.2, -0.15) is 0 Å². The molecule has 0 radical (unpaired) electrons. The Labute approximate surface area is 106 Å². The summed E-state index contributed by atoms with van der Waals surface area (Å²) in [4.78, 5) is 1.29. The summed E-state index contributed by atoms with van der Waals surface area (Å²) < 4.78 is 0. The Morgan fingerprint density at radius 3 is 2.47 bits per heavy atom. The quantitative estimate of drug-likeness (QED) is 0.853. The molecule has 1 atom stereocenters. The highest BCUT2D eigenvalue weighted by Gasteiger charge is 2.26. The smallest absolute Gasteiger partial charge is 0.102 e. The largest absolute Gasteiger partial charge is 0.384 e. The fourth-order valence-corrected chi connectivity index (χ4v) is 2.61. The number of benzene rings is 1. The van der Waals surface area contributed by atoms with E-state index in [1.807, 2.05) is 36.4 Å². The average Bonchev–Trinajstić information content (AvgIpc) is 2.90. The van der Waals surface area contributed by atoms with E-state index in [-0.39, 0.29) is 6.54 Å². The highest BCUT2D eigenvalue weighted by molar-refractivity contribution is 7.09. The number of aryl methyl sites for hydroxylation is 1. The number of hydrogen-bond donors (Lipinski definition) is 2. The van der Waals surface area contributed by atoms with Gasteiger partial charge in [0.1, 0.15) is 5.60 Å². The average molecular weight is 247 g/mol. The first-order valence-electron chi connectivity index (χ1n) is 5.75. The molecule has 0 spiro atoms. The second kappa shape index (κ2) is 5.45. The molecule has 1 heterocycles. The predicted octanol–water partition coefficient (Wildman–Crippen LogP) is 2.53. The third-order valence-corrected chi connectivity index (χ3v) is 3.95. The summed E-state index contributed by atoms with van der Waals surface area (Å²) in [5.41, 5.74) is 5.72. The van der Waals surface area contributed by atoms with Gasteiger partial charge in [0.25, 0.3) is 0 Å². The first-order valence-corrected chi connectivity index (χ1v) is 6.63. The van der Waals surface area contributed by atoms with Crippen molar-refractivity contribution in [1.82, 2.24) is 0 Å². The van der Waals surface area contributed by atoms with Gasteiger partial charge in [-0.25, -0.2) is 0 Å². The second-order valence-corrected chi connectivity index (χ2v) is 5.21. The van der Waals surface area contributed by atoms with Crippen LogP contribution >= 0.6 is 11.3 Å². The SMILES string of the molecule is NCC(O)(CCc1cccs1)c1ccccc1. The molecule has 2 aromatic rings. The molecule has 0 saturated carbocycles. The zero-order chi connectivity index (χ0) is 12.1. The molecule has 0 fully saturated rings. The molecule has 0 aliphatic carbocycles. The maximum atomic E-state index is 10.6. The normalized spacial score (nSPS) is 14.5. The number of thiophene rings is 1. The minimum atomic E-state index is -0.911. The summed E-state index contributed by atoms with van der Waals surface area (Å²) in [5.74, 6) is 0. The third-order valence-electron chi connectivity index (χ3n) is 3.01. The van der Waals surface area contributed by atoms with Crippen LogP contribution in [0.1, 0.15) is 16.9 Å². The zero-order valence-corrected chi connectivity index (χ0v) is 10.5. The van der Waals surface area contributed by atoms with Gasteiger partial charge in [-0.1, -0.05) is 36.4 Å². The molecule has 1 aromatic heterocycles. The lowest BCUT2D eigenvalue weighted by Crippen LogP contribution is -2.35. The maximum absolute atomic E-state index is 10.6. The van der Waals surface area contributed by atoms with E-state index < -0.39 is 5.60 Å². The summed E-state index contributed by atoms with van der Waals surface area (Å²) in [6.07, 6.45) is 1.52. The minimum absolute atomic E-state index is 0.252. The van der Waals surface area contributed by atoms with E-state index in [0.717, 1.165) is 12.0 Å². The Morgan fingerprint density at radius 2 is 1.88 bits per heavy atom. The van der Waals surface area contributed by atoms with Crippen LogP contribution in [-0.2, 0) is 12.0 Å². The molecule has 3 N–H and O–H groups in total. The first-order chi connectivity index (χ1) is 8.24. The highest BCUT2D eigenvalue weighted by Crippen LogP contribution is 2.26. The minimum Gasteiger partial charge on any atom is -0.384 e. The van der Waals surface area contributed by atoms with Crippen LogP contribution in [0.5, 0.6) is 0 Å². The highest BCUT2D eigenvalue weighted by atomic mass is 32.1. The summed E-state index contributed by atoms with van der Waals surface area (Å²) in [6.45, 7) is 0.252. The molecule has 1 unspecified atom stereocenters. The lowest BCUT2D eigenvalue weighted by Gasteiger charge is -2.27. The molecule has 2 nitrogen and oxygen atoms in total.